The first-order valence-corrected chi connectivity index (χ1v) is 9.08. The molecule has 2 aromatic carbocycles. The summed E-state index contributed by atoms with van der Waals surface area (Å²) in [5.74, 6) is 1.42. The lowest BCUT2D eigenvalue weighted by atomic mass is 9.97. The Hall–Kier alpha value is -2.07. The van der Waals surface area contributed by atoms with Crippen molar-refractivity contribution in [3.8, 4) is 5.75 Å². The van der Waals surface area contributed by atoms with Gasteiger partial charge < -0.3 is 15.4 Å². The molecule has 0 amide bonds. The van der Waals surface area contributed by atoms with Crippen LogP contribution in [-0.2, 0) is 0 Å². The summed E-state index contributed by atoms with van der Waals surface area (Å²) in [5.41, 5.74) is 4.75. The van der Waals surface area contributed by atoms with Gasteiger partial charge in [-0.3, -0.25) is 0 Å². The van der Waals surface area contributed by atoms with Gasteiger partial charge >= 0.3 is 0 Å². The molecule has 0 saturated carbocycles. The third-order valence-corrected chi connectivity index (χ3v) is 4.52. The fraction of sp³-hybridized carbons (Fsp3) is 0.381. The zero-order valence-electron chi connectivity index (χ0n) is 15.7. The molecule has 4 heteroatoms. The Balaban J connectivity index is 2.09. The van der Waals surface area contributed by atoms with Gasteiger partial charge in [-0.15, -0.1) is 0 Å². The van der Waals surface area contributed by atoms with E-state index >= 15 is 0 Å². The van der Waals surface area contributed by atoms with Crippen LogP contribution in [0.15, 0.2) is 42.5 Å². The molecule has 0 aromatic heterocycles. The van der Waals surface area contributed by atoms with Crippen molar-refractivity contribution in [1.29, 1.82) is 0 Å². The second kappa shape index (κ2) is 8.86. The van der Waals surface area contributed by atoms with E-state index in [0.29, 0.717) is 11.0 Å². The van der Waals surface area contributed by atoms with E-state index in [-0.39, 0.29) is 6.04 Å². The Bertz CT molecular complexity index is 710. The summed E-state index contributed by atoms with van der Waals surface area (Å²) in [6.45, 7) is 8.66. The topological polar surface area (TPSA) is 33.3 Å². The van der Waals surface area contributed by atoms with E-state index in [1.807, 2.05) is 12.1 Å². The van der Waals surface area contributed by atoms with Gasteiger partial charge in [-0.1, -0.05) is 32.0 Å². The molecule has 0 aliphatic heterocycles. The smallest absolute Gasteiger partial charge is 0.171 e. The molecule has 134 valence electrons. The van der Waals surface area contributed by atoms with Crippen molar-refractivity contribution in [2.45, 2.75) is 40.2 Å². The average Bonchev–Trinajstić information content (AvgIpc) is 2.57. The third-order valence-electron chi connectivity index (χ3n) is 4.30. The highest BCUT2D eigenvalue weighted by Gasteiger charge is 2.15. The Morgan fingerprint density at radius 2 is 1.72 bits per heavy atom. The van der Waals surface area contributed by atoms with E-state index in [4.69, 9.17) is 17.0 Å². The Morgan fingerprint density at radius 3 is 2.28 bits per heavy atom. The van der Waals surface area contributed by atoms with Gasteiger partial charge in [-0.2, -0.15) is 0 Å². The number of anilines is 1. The molecule has 1 atom stereocenters. The minimum Gasteiger partial charge on any atom is -0.497 e. The summed E-state index contributed by atoms with van der Waals surface area (Å²) in [6.07, 6.45) is 1.00. The van der Waals surface area contributed by atoms with E-state index in [2.05, 4.69) is 68.7 Å². The highest BCUT2D eigenvalue weighted by atomic mass is 32.1. The normalized spacial score (nSPS) is 11.9. The van der Waals surface area contributed by atoms with Gasteiger partial charge in [0.05, 0.1) is 13.2 Å². The molecule has 0 radical (unpaired) electrons. The predicted octanol–water partition coefficient (Wildman–Crippen LogP) is 5.39. The lowest BCUT2D eigenvalue weighted by Gasteiger charge is -2.23. The second-order valence-electron chi connectivity index (χ2n) is 6.85. The number of methoxy groups -OCH3 is 1. The molecule has 0 aliphatic rings. The third kappa shape index (κ3) is 5.75. The fourth-order valence-electron chi connectivity index (χ4n) is 2.73. The number of ether oxygens (including phenoxy) is 1. The predicted molar refractivity (Wildman–Crippen MR) is 110 cm³/mol. The van der Waals surface area contributed by atoms with Crippen molar-refractivity contribution in [3.05, 3.63) is 59.2 Å². The number of benzene rings is 2. The highest BCUT2D eigenvalue weighted by Crippen LogP contribution is 2.24. The van der Waals surface area contributed by atoms with E-state index in [1.165, 1.54) is 16.7 Å². The van der Waals surface area contributed by atoms with Gasteiger partial charge in [0.2, 0.25) is 0 Å². The molecule has 2 N–H and O–H groups in total. The SMILES string of the molecule is COc1ccc([C@@H](CC(C)C)NC(=S)Nc2ccc(C)c(C)c2)cc1. The minimum atomic E-state index is 0.164. The first-order chi connectivity index (χ1) is 11.9. The highest BCUT2D eigenvalue weighted by molar-refractivity contribution is 7.80. The molecule has 2 rings (SSSR count). The molecular formula is C21H28N2OS. The summed E-state index contributed by atoms with van der Waals surface area (Å²) in [5, 5.41) is 7.41. The summed E-state index contributed by atoms with van der Waals surface area (Å²) in [4.78, 5) is 0. The molecular weight excluding hydrogens is 328 g/mol. The number of thiocarbonyl (C=S) groups is 1. The number of aryl methyl sites for hydroxylation is 2. The van der Waals surface area contributed by atoms with Crippen molar-refractivity contribution in [1.82, 2.24) is 5.32 Å². The molecule has 0 spiro atoms. The largest absolute Gasteiger partial charge is 0.497 e. The molecule has 0 heterocycles. The lowest BCUT2D eigenvalue weighted by molar-refractivity contribution is 0.414. The summed E-state index contributed by atoms with van der Waals surface area (Å²) in [7, 11) is 1.68. The molecule has 0 saturated heterocycles. The van der Waals surface area contributed by atoms with E-state index in [1.54, 1.807) is 7.11 Å². The summed E-state index contributed by atoms with van der Waals surface area (Å²) < 4.78 is 5.25. The average molecular weight is 357 g/mol. The van der Waals surface area contributed by atoms with Gasteiger partial charge in [-0.05, 0) is 79.4 Å². The van der Waals surface area contributed by atoms with Crippen molar-refractivity contribution < 1.29 is 4.74 Å². The zero-order chi connectivity index (χ0) is 18.4. The molecule has 0 unspecified atom stereocenters. The molecule has 0 bridgehead atoms. The van der Waals surface area contributed by atoms with Gasteiger partial charge in [0.25, 0.3) is 0 Å². The maximum absolute atomic E-state index is 5.54. The Kier molecular flexibility index (Phi) is 6.82. The lowest BCUT2D eigenvalue weighted by Crippen LogP contribution is -2.33. The zero-order valence-corrected chi connectivity index (χ0v) is 16.5. The van der Waals surface area contributed by atoms with Crippen LogP contribution in [0.2, 0.25) is 0 Å². The first kappa shape index (κ1) is 19.3. The van der Waals surface area contributed by atoms with Crippen LogP contribution in [0.4, 0.5) is 5.69 Å². The molecule has 0 aliphatic carbocycles. The summed E-state index contributed by atoms with van der Waals surface area (Å²) >= 11 is 5.54. The van der Waals surface area contributed by atoms with E-state index in [0.717, 1.165) is 17.9 Å². The molecule has 3 nitrogen and oxygen atoms in total. The van der Waals surface area contributed by atoms with Crippen molar-refractivity contribution >= 4 is 23.0 Å². The summed E-state index contributed by atoms with van der Waals surface area (Å²) in [6, 6.07) is 14.6. The maximum Gasteiger partial charge on any atom is 0.171 e. The second-order valence-corrected chi connectivity index (χ2v) is 7.26. The van der Waals surface area contributed by atoms with Crippen LogP contribution in [0.25, 0.3) is 0 Å². The van der Waals surface area contributed by atoms with Gasteiger partial charge in [0, 0.05) is 5.69 Å². The quantitative estimate of drug-likeness (QED) is 0.680. The van der Waals surface area contributed by atoms with Gasteiger partial charge in [-0.25, -0.2) is 0 Å². The number of rotatable bonds is 6. The number of nitrogens with one attached hydrogen (secondary N) is 2. The van der Waals surface area contributed by atoms with Gasteiger partial charge in [0.1, 0.15) is 5.75 Å². The Morgan fingerprint density at radius 1 is 1.04 bits per heavy atom. The molecule has 0 fully saturated rings. The van der Waals surface area contributed by atoms with Crippen LogP contribution in [0.3, 0.4) is 0 Å². The van der Waals surface area contributed by atoms with Gasteiger partial charge in [0.15, 0.2) is 5.11 Å². The van der Waals surface area contributed by atoms with Crippen LogP contribution in [0, 0.1) is 19.8 Å². The molecule has 2 aromatic rings. The Labute approximate surface area is 156 Å². The van der Waals surface area contributed by atoms with Crippen molar-refractivity contribution in [2.24, 2.45) is 5.92 Å². The fourth-order valence-corrected chi connectivity index (χ4v) is 2.99. The van der Waals surface area contributed by atoms with Crippen LogP contribution >= 0.6 is 12.2 Å². The van der Waals surface area contributed by atoms with Crippen LogP contribution < -0.4 is 15.4 Å². The minimum absolute atomic E-state index is 0.164. The number of hydrogen-bond donors (Lipinski definition) is 2. The van der Waals surface area contributed by atoms with E-state index in [9.17, 15) is 0 Å². The van der Waals surface area contributed by atoms with Crippen molar-refractivity contribution in [2.75, 3.05) is 12.4 Å². The first-order valence-electron chi connectivity index (χ1n) is 8.67. The van der Waals surface area contributed by atoms with Crippen LogP contribution in [-0.4, -0.2) is 12.2 Å². The maximum atomic E-state index is 5.54. The molecule has 25 heavy (non-hydrogen) atoms. The number of hydrogen-bond acceptors (Lipinski definition) is 2. The van der Waals surface area contributed by atoms with E-state index < -0.39 is 0 Å². The van der Waals surface area contributed by atoms with Crippen LogP contribution in [0.5, 0.6) is 5.75 Å². The monoisotopic (exact) mass is 356 g/mol. The standard InChI is InChI=1S/C21H28N2OS/c1-14(2)12-20(17-7-10-19(24-5)11-8-17)23-21(25)22-18-9-6-15(3)16(4)13-18/h6-11,13-14,20H,12H2,1-5H3,(H2,22,23,25)/t20-/m1/s1. The van der Waals surface area contributed by atoms with Crippen LogP contribution in [0.1, 0.15) is 43.0 Å². The van der Waals surface area contributed by atoms with Crippen molar-refractivity contribution in [3.63, 3.8) is 0 Å².